The Morgan fingerprint density at radius 1 is 1.14 bits per heavy atom. The van der Waals surface area contributed by atoms with Crippen molar-refractivity contribution in [1.82, 2.24) is 24.8 Å². The first-order chi connectivity index (χ1) is 17.1. The first kappa shape index (κ1) is 22.6. The van der Waals surface area contributed by atoms with Gasteiger partial charge in [-0.1, -0.05) is 30.3 Å². The smallest absolute Gasteiger partial charge is 0.146 e. The molecule has 1 aliphatic heterocycles. The lowest BCUT2D eigenvalue weighted by molar-refractivity contribution is -0.00692. The number of piperidine rings is 1. The number of fused-ring (bicyclic) bond motifs is 1. The number of hydrogen-bond donors (Lipinski definition) is 4. The molecular formula is C26H30N6O2S. The second-order valence-electron chi connectivity index (χ2n) is 9.77. The van der Waals surface area contributed by atoms with Crippen LogP contribution in [-0.4, -0.2) is 55.0 Å². The van der Waals surface area contributed by atoms with Gasteiger partial charge in [-0.05, 0) is 49.8 Å². The van der Waals surface area contributed by atoms with Crippen LogP contribution in [-0.2, 0) is 6.42 Å². The molecule has 0 unspecified atom stereocenters. The lowest BCUT2D eigenvalue weighted by atomic mass is 9.83. The fourth-order valence-electron chi connectivity index (χ4n) is 5.87. The van der Waals surface area contributed by atoms with Crippen LogP contribution in [0.5, 0.6) is 0 Å². The van der Waals surface area contributed by atoms with E-state index in [1.807, 2.05) is 29.0 Å². The molecule has 6 rings (SSSR count). The first-order valence-electron chi connectivity index (χ1n) is 12.3. The molecule has 1 aliphatic carbocycles. The second kappa shape index (κ2) is 9.31. The van der Waals surface area contributed by atoms with E-state index in [0.29, 0.717) is 23.8 Å². The topological polar surface area (TPSA) is 122 Å². The third-order valence-electron chi connectivity index (χ3n) is 7.64. The van der Waals surface area contributed by atoms with Crippen molar-refractivity contribution in [1.29, 1.82) is 0 Å². The van der Waals surface area contributed by atoms with Crippen LogP contribution in [0.1, 0.15) is 36.6 Å². The average Bonchev–Trinajstić information content (AvgIpc) is 3.58. The van der Waals surface area contributed by atoms with Crippen molar-refractivity contribution in [3.05, 3.63) is 59.5 Å². The van der Waals surface area contributed by atoms with Gasteiger partial charge in [-0.25, -0.2) is 15.0 Å². The van der Waals surface area contributed by atoms with Crippen LogP contribution in [0, 0.1) is 11.8 Å². The first-order valence-corrected chi connectivity index (χ1v) is 13.1. The molecule has 0 bridgehead atoms. The Morgan fingerprint density at radius 3 is 2.80 bits per heavy atom. The highest BCUT2D eigenvalue weighted by atomic mass is 32.1. The lowest BCUT2D eigenvalue weighted by Crippen LogP contribution is -2.39. The van der Waals surface area contributed by atoms with Gasteiger partial charge in [0.25, 0.3) is 0 Å². The molecule has 1 saturated carbocycles. The van der Waals surface area contributed by atoms with E-state index in [1.165, 1.54) is 11.9 Å². The van der Waals surface area contributed by atoms with Gasteiger partial charge >= 0.3 is 0 Å². The SMILES string of the molecule is Nc1ncnc2c1c(-c1nc(Cc3ccccc3)cs1)cn2[C@@H]1C[C@H]([C@H]2CCCNC2)[C@@H](O)[C@H]1O. The van der Waals surface area contributed by atoms with Gasteiger partial charge in [-0.3, -0.25) is 0 Å². The summed E-state index contributed by atoms with van der Waals surface area (Å²) < 4.78 is 1.99. The maximum Gasteiger partial charge on any atom is 0.146 e. The van der Waals surface area contributed by atoms with Crippen molar-refractivity contribution in [2.24, 2.45) is 11.8 Å². The van der Waals surface area contributed by atoms with Gasteiger partial charge in [0.1, 0.15) is 28.9 Å². The molecule has 5 atom stereocenters. The number of aliphatic hydroxyl groups excluding tert-OH is 2. The van der Waals surface area contributed by atoms with Crippen LogP contribution in [0.4, 0.5) is 5.82 Å². The number of aromatic nitrogens is 4. The summed E-state index contributed by atoms with van der Waals surface area (Å²) >= 11 is 1.57. The van der Waals surface area contributed by atoms with Crippen molar-refractivity contribution in [2.75, 3.05) is 18.8 Å². The monoisotopic (exact) mass is 490 g/mol. The van der Waals surface area contributed by atoms with Crippen molar-refractivity contribution < 1.29 is 10.2 Å². The maximum atomic E-state index is 11.1. The molecule has 9 heteroatoms. The molecule has 35 heavy (non-hydrogen) atoms. The number of thiazole rings is 1. The molecule has 0 amide bonds. The Hall–Kier alpha value is -2.85. The summed E-state index contributed by atoms with van der Waals surface area (Å²) in [5.41, 5.74) is 10.1. The number of hydrogen-bond acceptors (Lipinski definition) is 8. The van der Waals surface area contributed by atoms with E-state index >= 15 is 0 Å². The summed E-state index contributed by atoms with van der Waals surface area (Å²) in [4.78, 5) is 13.7. The van der Waals surface area contributed by atoms with E-state index in [9.17, 15) is 10.2 Å². The molecule has 1 saturated heterocycles. The van der Waals surface area contributed by atoms with Crippen LogP contribution < -0.4 is 11.1 Å². The number of nitrogens with one attached hydrogen (secondary N) is 1. The highest BCUT2D eigenvalue weighted by Crippen LogP contribution is 2.44. The Kier molecular flexibility index (Phi) is 6.01. The van der Waals surface area contributed by atoms with Gasteiger partial charge < -0.3 is 25.8 Å². The average molecular weight is 491 g/mol. The molecule has 0 spiro atoms. The number of rotatable bonds is 5. The third kappa shape index (κ3) is 4.12. The number of nitrogen functional groups attached to an aromatic ring is 1. The second-order valence-corrected chi connectivity index (χ2v) is 10.6. The largest absolute Gasteiger partial charge is 0.390 e. The summed E-state index contributed by atoms with van der Waals surface area (Å²) in [6.45, 7) is 1.91. The van der Waals surface area contributed by atoms with Crippen LogP contribution in [0.15, 0.2) is 48.2 Å². The molecular weight excluding hydrogens is 460 g/mol. The fourth-order valence-corrected chi connectivity index (χ4v) is 6.71. The van der Waals surface area contributed by atoms with Gasteiger partial charge in [0, 0.05) is 23.6 Å². The van der Waals surface area contributed by atoms with E-state index in [-0.39, 0.29) is 12.0 Å². The molecule has 4 aromatic rings. The summed E-state index contributed by atoms with van der Waals surface area (Å²) in [5, 5.41) is 29.2. The molecule has 3 aromatic heterocycles. The number of nitrogens with two attached hydrogens (primary N) is 1. The van der Waals surface area contributed by atoms with E-state index in [0.717, 1.165) is 54.0 Å². The molecule has 4 heterocycles. The summed E-state index contributed by atoms with van der Waals surface area (Å²) in [6.07, 6.45) is 5.44. The molecule has 0 radical (unpaired) electrons. The van der Waals surface area contributed by atoms with E-state index in [4.69, 9.17) is 10.7 Å². The van der Waals surface area contributed by atoms with Gasteiger partial charge in [-0.2, -0.15) is 0 Å². The third-order valence-corrected chi connectivity index (χ3v) is 8.57. The normalized spacial score (nSPS) is 27.0. The molecule has 8 nitrogen and oxygen atoms in total. The van der Waals surface area contributed by atoms with Gasteiger partial charge in [-0.15, -0.1) is 11.3 Å². The molecule has 2 fully saturated rings. The standard InChI is InChI=1S/C26H30N6O2S/c27-24-21-19(26-31-17(13-35-26)9-15-5-2-1-3-6-15)12-32(25(21)30-14-29-24)20-10-18(22(33)23(20)34)16-7-4-8-28-11-16/h1-3,5-6,12-14,16,18,20,22-23,28,33-34H,4,7-11H2,(H2,27,29,30)/t16-,18+,20+,22+,23-/m0/s1. The van der Waals surface area contributed by atoms with Crippen molar-refractivity contribution in [3.8, 4) is 10.6 Å². The highest BCUT2D eigenvalue weighted by molar-refractivity contribution is 7.13. The predicted molar refractivity (Wildman–Crippen MR) is 137 cm³/mol. The number of anilines is 1. The zero-order valence-corrected chi connectivity index (χ0v) is 20.2. The Morgan fingerprint density at radius 2 is 2.00 bits per heavy atom. The fraction of sp³-hybridized carbons (Fsp3) is 0.423. The Balaban J connectivity index is 1.36. The maximum absolute atomic E-state index is 11.1. The Labute approximate surface area is 207 Å². The molecule has 2 aliphatic rings. The number of nitrogens with zero attached hydrogens (tertiary/aromatic N) is 4. The zero-order chi connectivity index (χ0) is 23.9. The van der Waals surface area contributed by atoms with Crippen LogP contribution in [0.3, 0.4) is 0 Å². The van der Waals surface area contributed by atoms with Crippen LogP contribution >= 0.6 is 11.3 Å². The molecule has 182 valence electrons. The summed E-state index contributed by atoms with van der Waals surface area (Å²) in [7, 11) is 0. The van der Waals surface area contributed by atoms with Gasteiger partial charge in [0.15, 0.2) is 0 Å². The zero-order valence-electron chi connectivity index (χ0n) is 19.4. The van der Waals surface area contributed by atoms with E-state index in [2.05, 4.69) is 32.8 Å². The number of benzene rings is 1. The lowest BCUT2D eigenvalue weighted by Gasteiger charge is -2.30. The predicted octanol–water partition coefficient (Wildman–Crippen LogP) is 3.01. The summed E-state index contributed by atoms with van der Waals surface area (Å²) in [5.74, 6) is 0.795. The summed E-state index contributed by atoms with van der Waals surface area (Å²) in [6, 6.07) is 9.99. The number of aliphatic hydroxyl groups is 2. The minimum absolute atomic E-state index is 0.0419. The van der Waals surface area contributed by atoms with Gasteiger partial charge in [0.2, 0.25) is 0 Å². The van der Waals surface area contributed by atoms with Crippen LogP contribution in [0.2, 0.25) is 0 Å². The van der Waals surface area contributed by atoms with Gasteiger partial charge in [0.05, 0.1) is 23.2 Å². The molecule has 1 aromatic carbocycles. The van der Waals surface area contributed by atoms with Crippen molar-refractivity contribution in [3.63, 3.8) is 0 Å². The van der Waals surface area contributed by atoms with Crippen molar-refractivity contribution in [2.45, 2.75) is 43.9 Å². The van der Waals surface area contributed by atoms with Crippen LogP contribution in [0.25, 0.3) is 21.6 Å². The quantitative estimate of drug-likeness (QED) is 0.339. The minimum atomic E-state index is -0.869. The minimum Gasteiger partial charge on any atom is -0.390 e. The molecule has 5 N–H and O–H groups in total. The van der Waals surface area contributed by atoms with Crippen molar-refractivity contribution >= 4 is 28.2 Å². The highest BCUT2D eigenvalue weighted by Gasteiger charge is 2.46. The van der Waals surface area contributed by atoms with E-state index in [1.54, 1.807) is 11.3 Å². The Bertz CT molecular complexity index is 1320. The van der Waals surface area contributed by atoms with E-state index < -0.39 is 12.2 Å².